The van der Waals surface area contributed by atoms with Crippen molar-refractivity contribution >= 4 is 17.6 Å². The van der Waals surface area contributed by atoms with E-state index in [-0.39, 0.29) is 53.0 Å². The fraction of sp³-hybridized carbons (Fsp3) is 0.417. The zero-order valence-electron chi connectivity index (χ0n) is 19.3. The van der Waals surface area contributed by atoms with Gasteiger partial charge in [-0.15, -0.1) is 0 Å². The molecule has 0 saturated carbocycles. The molecule has 0 bridgehead atoms. The molecule has 1 aromatic heterocycles. The molecule has 10 nitrogen and oxygen atoms in total. The monoisotopic (exact) mass is 483 g/mol. The van der Waals surface area contributed by atoms with E-state index in [0.29, 0.717) is 45.2 Å². The molecule has 11 heteroatoms. The van der Waals surface area contributed by atoms with E-state index in [0.717, 1.165) is 0 Å². The van der Waals surface area contributed by atoms with Gasteiger partial charge in [0.2, 0.25) is 11.8 Å². The molecule has 3 aliphatic heterocycles. The maximum absolute atomic E-state index is 14.7. The molecule has 1 N–H and O–H groups in total. The van der Waals surface area contributed by atoms with Crippen molar-refractivity contribution in [3.8, 4) is 23.0 Å². The van der Waals surface area contributed by atoms with Crippen LogP contribution in [0.4, 0.5) is 10.2 Å². The topological polar surface area (TPSA) is 108 Å². The number of halogens is 1. The first-order valence-corrected chi connectivity index (χ1v) is 11.5. The standard InChI is InChI=1S/C24H26FN5O5/c1-3-18(32)28-7-8-30-15(11-28)13-35-23-20(24(30)33)22(29-9-10-34-12-14(29)2)26-21(27-23)19-16(25)5-4-6-17(19)31/h3-6,14-15,31H,1,7-13H2,2H3/t14-,15+/m0/s1. The van der Waals surface area contributed by atoms with Crippen LogP contribution in [0.2, 0.25) is 0 Å². The van der Waals surface area contributed by atoms with Crippen LogP contribution in [-0.4, -0.2) is 94.8 Å². The minimum Gasteiger partial charge on any atom is -0.507 e. The molecule has 35 heavy (non-hydrogen) atoms. The Hall–Kier alpha value is -3.73. The van der Waals surface area contributed by atoms with E-state index in [1.165, 1.54) is 24.3 Å². The Morgan fingerprint density at radius 1 is 1.20 bits per heavy atom. The molecule has 2 amide bonds. The number of rotatable bonds is 3. The number of aromatic nitrogens is 2. The van der Waals surface area contributed by atoms with E-state index in [9.17, 15) is 19.1 Å². The fourth-order valence-corrected chi connectivity index (χ4v) is 4.73. The van der Waals surface area contributed by atoms with Crippen molar-refractivity contribution in [2.24, 2.45) is 0 Å². The summed E-state index contributed by atoms with van der Waals surface area (Å²) in [5, 5.41) is 10.4. The molecule has 1 aromatic carbocycles. The number of morpholine rings is 1. The van der Waals surface area contributed by atoms with E-state index in [1.54, 1.807) is 9.80 Å². The molecule has 5 rings (SSSR count). The van der Waals surface area contributed by atoms with Gasteiger partial charge in [0, 0.05) is 26.2 Å². The largest absolute Gasteiger partial charge is 0.507 e. The molecule has 0 spiro atoms. The first kappa shape index (κ1) is 23.0. The molecule has 0 unspecified atom stereocenters. The number of phenols is 1. The number of phenolic OH excluding ortho intramolecular Hbond substituents is 1. The van der Waals surface area contributed by atoms with Crippen LogP contribution in [0.5, 0.6) is 11.6 Å². The Labute approximate surface area is 201 Å². The SMILES string of the molecule is C=CC(=O)N1CCN2C(=O)c3c(nc(-c4c(O)cccc4F)nc3N3CCOC[C@@H]3C)OC[C@H]2C1. The molecule has 2 saturated heterocycles. The Kier molecular flexibility index (Phi) is 6.01. The number of benzene rings is 1. The normalized spacial score (nSPS) is 22.1. The number of hydrogen-bond donors (Lipinski definition) is 1. The van der Waals surface area contributed by atoms with E-state index in [2.05, 4.69) is 16.5 Å². The number of fused-ring (bicyclic) bond motifs is 2. The lowest BCUT2D eigenvalue weighted by atomic mass is 10.1. The van der Waals surface area contributed by atoms with E-state index in [4.69, 9.17) is 9.47 Å². The van der Waals surface area contributed by atoms with Crippen LogP contribution < -0.4 is 9.64 Å². The summed E-state index contributed by atoms with van der Waals surface area (Å²) in [6.45, 7) is 7.89. The van der Waals surface area contributed by atoms with Crippen LogP contribution >= 0.6 is 0 Å². The second kappa shape index (κ2) is 9.14. The van der Waals surface area contributed by atoms with Gasteiger partial charge >= 0.3 is 0 Å². The van der Waals surface area contributed by atoms with Crippen LogP contribution in [0, 0.1) is 5.82 Å². The lowest BCUT2D eigenvalue weighted by molar-refractivity contribution is -0.128. The third-order valence-electron chi connectivity index (χ3n) is 6.57. The molecule has 2 atom stereocenters. The zero-order valence-corrected chi connectivity index (χ0v) is 19.3. The Morgan fingerprint density at radius 3 is 2.77 bits per heavy atom. The van der Waals surface area contributed by atoms with Crippen molar-refractivity contribution < 1.29 is 28.6 Å². The third-order valence-corrected chi connectivity index (χ3v) is 6.57. The summed E-state index contributed by atoms with van der Waals surface area (Å²) < 4.78 is 26.3. The quantitative estimate of drug-likeness (QED) is 0.654. The molecule has 2 aromatic rings. The molecule has 0 radical (unpaired) electrons. The van der Waals surface area contributed by atoms with E-state index >= 15 is 0 Å². The Morgan fingerprint density at radius 2 is 2.03 bits per heavy atom. The number of amides is 2. The number of ether oxygens (including phenoxy) is 2. The average Bonchev–Trinajstić information content (AvgIpc) is 2.99. The highest BCUT2D eigenvalue weighted by molar-refractivity contribution is 6.02. The summed E-state index contributed by atoms with van der Waals surface area (Å²) >= 11 is 0. The van der Waals surface area contributed by atoms with Crippen molar-refractivity contribution in [3.63, 3.8) is 0 Å². The summed E-state index contributed by atoms with van der Waals surface area (Å²) in [6, 6.07) is 3.44. The van der Waals surface area contributed by atoms with Crippen LogP contribution in [0.25, 0.3) is 11.4 Å². The number of anilines is 1. The van der Waals surface area contributed by atoms with Crippen LogP contribution in [0.15, 0.2) is 30.9 Å². The van der Waals surface area contributed by atoms with Gasteiger partial charge in [-0.2, -0.15) is 4.98 Å². The number of nitrogens with zero attached hydrogens (tertiary/aromatic N) is 5. The Balaban J connectivity index is 1.62. The van der Waals surface area contributed by atoms with Crippen molar-refractivity contribution in [1.29, 1.82) is 0 Å². The van der Waals surface area contributed by atoms with Gasteiger partial charge in [0.25, 0.3) is 5.91 Å². The van der Waals surface area contributed by atoms with E-state index < -0.39 is 11.9 Å². The molecule has 3 aliphatic rings. The number of hydrogen-bond acceptors (Lipinski definition) is 8. The highest BCUT2D eigenvalue weighted by Crippen LogP contribution is 2.38. The Bertz CT molecular complexity index is 1170. The molecule has 0 aliphatic carbocycles. The van der Waals surface area contributed by atoms with Crippen LogP contribution in [-0.2, 0) is 9.53 Å². The number of carbonyl (C=O) groups excluding carboxylic acids is 2. The average molecular weight is 484 g/mol. The maximum atomic E-state index is 14.7. The molecule has 4 heterocycles. The lowest BCUT2D eigenvalue weighted by Crippen LogP contribution is -2.57. The smallest absolute Gasteiger partial charge is 0.263 e. The van der Waals surface area contributed by atoms with Crippen molar-refractivity contribution in [2.75, 3.05) is 50.9 Å². The van der Waals surface area contributed by atoms with Gasteiger partial charge in [-0.3, -0.25) is 9.59 Å². The van der Waals surface area contributed by atoms with Gasteiger partial charge < -0.3 is 29.3 Å². The van der Waals surface area contributed by atoms with Gasteiger partial charge in [-0.25, -0.2) is 9.37 Å². The second-order valence-electron chi connectivity index (χ2n) is 8.75. The minimum atomic E-state index is -0.693. The van der Waals surface area contributed by atoms with Crippen molar-refractivity contribution in [2.45, 2.75) is 19.0 Å². The molecular formula is C24H26FN5O5. The first-order chi connectivity index (χ1) is 16.9. The van der Waals surface area contributed by atoms with E-state index in [1.807, 2.05) is 11.8 Å². The second-order valence-corrected chi connectivity index (χ2v) is 8.75. The van der Waals surface area contributed by atoms with Crippen molar-refractivity contribution in [1.82, 2.24) is 19.8 Å². The molecule has 184 valence electrons. The predicted octanol–water partition coefficient (Wildman–Crippen LogP) is 1.44. The highest BCUT2D eigenvalue weighted by atomic mass is 19.1. The van der Waals surface area contributed by atoms with Gasteiger partial charge in [-0.05, 0) is 25.1 Å². The number of piperazine rings is 1. The van der Waals surface area contributed by atoms with Crippen LogP contribution in [0.3, 0.4) is 0 Å². The molecular weight excluding hydrogens is 457 g/mol. The first-order valence-electron chi connectivity index (χ1n) is 11.5. The number of aromatic hydroxyl groups is 1. The summed E-state index contributed by atoms with van der Waals surface area (Å²) in [5.41, 5.74) is 0.0163. The zero-order chi connectivity index (χ0) is 24.7. The maximum Gasteiger partial charge on any atom is 0.263 e. The highest BCUT2D eigenvalue weighted by Gasteiger charge is 2.40. The fourth-order valence-electron chi connectivity index (χ4n) is 4.73. The summed E-state index contributed by atoms with van der Waals surface area (Å²) in [7, 11) is 0. The summed E-state index contributed by atoms with van der Waals surface area (Å²) in [6.07, 6.45) is 1.25. The third kappa shape index (κ3) is 4.05. The predicted molar refractivity (Wildman–Crippen MR) is 124 cm³/mol. The van der Waals surface area contributed by atoms with Gasteiger partial charge in [0.1, 0.15) is 29.6 Å². The minimum absolute atomic E-state index is 0.0207. The number of carbonyl (C=O) groups is 2. The van der Waals surface area contributed by atoms with Gasteiger partial charge in [-0.1, -0.05) is 12.6 Å². The van der Waals surface area contributed by atoms with Gasteiger partial charge in [0.05, 0.1) is 30.9 Å². The van der Waals surface area contributed by atoms with Crippen LogP contribution in [0.1, 0.15) is 17.3 Å². The molecule has 2 fully saturated rings. The lowest BCUT2D eigenvalue weighted by Gasteiger charge is -2.40. The summed E-state index contributed by atoms with van der Waals surface area (Å²) in [5.74, 6) is -1.29. The summed E-state index contributed by atoms with van der Waals surface area (Å²) in [4.78, 5) is 40.2. The van der Waals surface area contributed by atoms with Crippen molar-refractivity contribution in [3.05, 3.63) is 42.2 Å². The van der Waals surface area contributed by atoms with Gasteiger partial charge in [0.15, 0.2) is 5.82 Å².